The van der Waals surface area contributed by atoms with Crippen LogP contribution in [-0.4, -0.2) is 24.7 Å². The average Bonchev–Trinajstić information content (AvgIpc) is 3.28. The zero-order valence-electron chi connectivity index (χ0n) is 16.3. The number of halogens is 2. The molecule has 2 aromatic carbocycles. The summed E-state index contributed by atoms with van der Waals surface area (Å²) in [6, 6.07) is 17.5. The third-order valence-corrected chi connectivity index (χ3v) is 5.17. The van der Waals surface area contributed by atoms with Crippen molar-refractivity contribution in [2.24, 2.45) is 0 Å². The first-order valence-corrected chi connectivity index (χ1v) is 9.42. The third-order valence-electron chi connectivity index (χ3n) is 5.17. The molecular formula is C22H27Cl2N3O2. The Morgan fingerprint density at radius 1 is 1.17 bits per heavy atom. The van der Waals surface area contributed by atoms with Crippen LogP contribution in [0.25, 0.3) is 11.3 Å². The van der Waals surface area contributed by atoms with Crippen LogP contribution >= 0.6 is 24.8 Å². The van der Waals surface area contributed by atoms with Gasteiger partial charge < -0.3 is 19.8 Å². The van der Waals surface area contributed by atoms with Gasteiger partial charge >= 0.3 is 0 Å². The Balaban J connectivity index is 0.00000150. The summed E-state index contributed by atoms with van der Waals surface area (Å²) in [5, 5.41) is 7.41. The van der Waals surface area contributed by atoms with E-state index in [0.29, 0.717) is 12.1 Å². The van der Waals surface area contributed by atoms with Crippen LogP contribution in [0.4, 0.5) is 0 Å². The highest BCUT2D eigenvalue weighted by molar-refractivity contribution is 5.85. The van der Waals surface area contributed by atoms with Crippen molar-refractivity contribution >= 4 is 24.8 Å². The number of nitrogens with one attached hydrogen (secondary N) is 2. The van der Waals surface area contributed by atoms with Gasteiger partial charge in [0.2, 0.25) is 0 Å². The molecule has 7 heteroatoms. The summed E-state index contributed by atoms with van der Waals surface area (Å²) in [4.78, 5) is 4.01. The first kappa shape index (κ1) is 23.2. The average molecular weight is 436 g/mol. The number of benzene rings is 2. The van der Waals surface area contributed by atoms with E-state index in [0.717, 1.165) is 42.1 Å². The fourth-order valence-corrected chi connectivity index (χ4v) is 3.79. The number of rotatable bonds is 6. The van der Waals surface area contributed by atoms with Gasteiger partial charge in [-0.1, -0.05) is 30.3 Å². The molecule has 0 saturated carbocycles. The van der Waals surface area contributed by atoms with Crippen molar-refractivity contribution in [2.45, 2.75) is 31.5 Å². The molecule has 29 heavy (non-hydrogen) atoms. The van der Waals surface area contributed by atoms with E-state index in [4.69, 9.17) is 9.15 Å². The SMILES string of the molecule is COc1ccc(-c2cnco2)cc1CN[C@H]1CCCN[C@H]1c1ccccc1.Cl.Cl. The molecule has 0 radical (unpaired) electrons. The molecule has 1 aromatic heterocycles. The van der Waals surface area contributed by atoms with Gasteiger partial charge in [0.05, 0.1) is 13.3 Å². The molecular weight excluding hydrogens is 409 g/mol. The quantitative estimate of drug-likeness (QED) is 0.583. The van der Waals surface area contributed by atoms with E-state index in [1.54, 1.807) is 13.3 Å². The molecule has 5 nitrogen and oxygen atoms in total. The molecule has 2 atom stereocenters. The fraction of sp³-hybridized carbons (Fsp3) is 0.318. The van der Waals surface area contributed by atoms with Gasteiger partial charge in [-0.3, -0.25) is 0 Å². The van der Waals surface area contributed by atoms with Gasteiger partial charge in [0.1, 0.15) is 5.75 Å². The minimum atomic E-state index is 0. The van der Waals surface area contributed by atoms with Crippen molar-refractivity contribution in [3.63, 3.8) is 0 Å². The number of nitrogens with zero attached hydrogens (tertiary/aromatic N) is 1. The maximum absolute atomic E-state index is 5.57. The Hall–Kier alpha value is -2.05. The predicted octanol–water partition coefficient (Wildman–Crippen LogP) is 4.78. The topological polar surface area (TPSA) is 59.3 Å². The molecule has 1 saturated heterocycles. The first-order valence-electron chi connectivity index (χ1n) is 9.42. The van der Waals surface area contributed by atoms with Gasteiger partial charge in [-0.25, -0.2) is 4.98 Å². The summed E-state index contributed by atoms with van der Waals surface area (Å²) >= 11 is 0. The molecule has 4 rings (SSSR count). The van der Waals surface area contributed by atoms with Crippen LogP contribution in [0.3, 0.4) is 0 Å². The van der Waals surface area contributed by atoms with Gasteiger partial charge in [0.15, 0.2) is 12.2 Å². The number of aromatic nitrogens is 1. The summed E-state index contributed by atoms with van der Waals surface area (Å²) in [7, 11) is 1.71. The lowest BCUT2D eigenvalue weighted by molar-refractivity contribution is 0.303. The number of hydrogen-bond donors (Lipinski definition) is 2. The number of methoxy groups -OCH3 is 1. The molecule has 0 aliphatic carbocycles. The smallest absolute Gasteiger partial charge is 0.181 e. The number of ether oxygens (including phenoxy) is 1. The highest BCUT2D eigenvalue weighted by atomic mass is 35.5. The van der Waals surface area contributed by atoms with Crippen LogP contribution < -0.4 is 15.4 Å². The second-order valence-electron chi connectivity index (χ2n) is 6.86. The van der Waals surface area contributed by atoms with Crippen LogP contribution in [-0.2, 0) is 6.54 Å². The third kappa shape index (κ3) is 5.52. The molecule has 1 aliphatic rings. The number of oxazole rings is 1. The van der Waals surface area contributed by atoms with E-state index in [9.17, 15) is 0 Å². The molecule has 2 N–H and O–H groups in total. The molecule has 3 aromatic rings. The summed E-state index contributed by atoms with van der Waals surface area (Å²) < 4.78 is 11.0. The Labute approximate surface area is 184 Å². The molecule has 0 bridgehead atoms. The minimum absolute atomic E-state index is 0. The lowest BCUT2D eigenvalue weighted by Gasteiger charge is -2.34. The molecule has 0 amide bonds. The predicted molar refractivity (Wildman–Crippen MR) is 120 cm³/mol. The fourth-order valence-electron chi connectivity index (χ4n) is 3.79. The maximum atomic E-state index is 5.57. The lowest BCUT2D eigenvalue weighted by atomic mass is 9.92. The van der Waals surface area contributed by atoms with Crippen molar-refractivity contribution in [3.8, 4) is 17.1 Å². The summed E-state index contributed by atoms with van der Waals surface area (Å²) in [6.07, 6.45) is 5.51. The number of hydrogen-bond acceptors (Lipinski definition) is 5. The van der Waals surface area contributed by atoms with Gasteiger partial charge in [-0.15, -0.1) is 24.8 Å². The highest BCUT2D eigenvalue weighted by Crippen LogP contribution is 2.28. The standard InChI is InChI=1S/C22H25N3O2.2ClH/c1-26-20-10-9-17(21-14-23-15-27-21)12-18(20)13-25-19-8-5-11-24-22(19)16-6-3-2-4-7-16;;/h2-4,6-7,9-10,12,14-15,19,22,24-25H,5,8,11,13H2,1H3;2*1H/t19-,22-;;/m0../s1. The van der Waals surface area contributed by atoms with E-state index in [1.165, 1.54) is 18.4 Å². The molecule has 0 unspecified atom stereocenters. The molecule has 0 spiro atoms. The van der Waals surface area contributed by atoms with Crippen LogP contribution in [0.2, 0.25) is 0 Å². The van der Waals surface area contributed by atoms with E-state index < -0.39 is 0 Å². The van der Waals surface area contributed by atoms with E-state index in [1.807, 2.05) is 12.1 Å². The van der Waals surface area contributed by atoms with Crippen molar-refractivity contribution in [3.05, 3.63) is 72.2 Å². The zero-order chi connectivity index (χ0) is 18.5. The molecule has 2 heterocycles. The largest absolute Gasteiger partial charge is 0.496 e. The Bertz CT molecular complexity index is 860. The maximum Gasteiger partial charge on any atom is 0.181 e. The van der Waals surface area contributed by atoms with Gasteiger partial charge in [-0.05, 0) is 43.1 Å². The Morgan fingerprint density at radius 3 is 2.72 bits per heavy atom. The Morgan fingerprint density at radius 2 is 2.00 bits per heavy atom. The first-order chi connectivity index (χ1) is 13.3. The van der Waals surface area contributed by atoms with E-state index >= 15 is 0 Å². The Kier molecular flexibility index (Phi) is 8.99. The summed E-state index contributed by atoms with van der Waals surface area (Å²) in [6.45, 7) is 1.79. The van der Waals surface area contributed by atoms with Gasteiger partial charge in [0, 0.05) is 29.8 Å². The van der Waals surface area contributed by atoms with Gasteiger partial charge in [-0.2, -0.15) is 0 Å². The number of piperidine rings is 1. The van der Waals surface area contributed by atoms with E-state index in [-0.39, 0.29) is 24.8 Å². The summed E-state index contributed by atoms with van der Waals surface area (Å²) in [5.41, 5.74) is 3.45. The van der Waals surface area contributed by atoms with Crippen LogP contribution in [0, 0.1) is 0 Å². The van der Waals surface area contributed by atoms with Crippen molar-refractivity contribution in [1.29, 1.82) is 0 Å². The van der Waals surface area contributed by atoms with Crippen LogP contribution in [0.1, 0.15) is 30.0 Å². The molecule has 1 aliphatic heterocycles. The van der Waals surface area contributed by atoms with Crippen molar-refractivity contribution < 1.29 is 9.15 Å². The van der Waals surface area contributed by atoms with Crippen LogP contribution in [0.5, 0.6) is 5.75 Å². The van der Waals surface area contributed by atoms with E-state index in [2.05, 4.69) is 52.0 Å². The minimum Gasteiger partial charge on any atom is -0.496 e. The summed E-state index contributed by atoms with van der Waals surface area (Å²) in [5.74, 6) is 1.64. The van der Waals surface area contributed by atoms with Crippen LogP contribution in [0.15, 0.2) is 65.5 Å². The lowest BCUT2D eigenvalue weighted by Crippen LogP contribution is -2.45. The monoisotopic (exact) mass is 435 g/mol. The molecule has 1 fully saturated rings. The van der Waals surface area contributed by atoms with Crippen molar-refractivity contribution in [1.82, 2.24) is 15.6 Å². The van der Waals surface area contributed by atoms with Crippen molar-refractivity contribution in [2.75, 3.05) is 13.7 Å². The van der Waals surface area contributed by atoms with Gasteiger partial charge in [0.25, 0.3) is 0 Å². The second-order valence-corrected chi connectivity index (χ2v) is 6.86. The normalized spacial score (nSPS) is 18.4. The highest BCUT2D eigenvalue weighted by Gasteiger charge is 2.25. The molecule has 156 valence electrons. The zero-order valence-corrected chi connectivity index (χ0v) is 18.0. The second kappa shape index (κ2) is 11.2.